The molecule has 1 aliphatic heterocycles. The fourth-order valence-corrected chi connectivity index (χ4v) is 2.11. The maximum Gasteiger partial charge on any atom is 0.411 e. The molecule has 108 valence electrons. The number of Topliss-reactive ketones (excluding diaryl/α,β-unsaturated/α-hetero) is 1. The lowest BCUT2D eigenvalue weighted by Crippen LogP contribution is -2.36. The van der Waals surface area contributed by atoms with Crippen LogP contribution in [0.5, 0.6) is 0 Å². The van der Waals surface area contributed by atoms with Gasteiger partial charge in [-0.1, -0.05) is 0 Å². The second-order valence-corrected chi connectivity index (χ2v) is 5.80. The number of hydrogen-bond donors (Lipinski definition) is 0. The van der Waals surface area contributed by atoms with E-state index in [1.165, 1.54) is 17.2 Å². The summed E-state index contributed by atoms with van der Waals surface area (Å²) in [5.74, 6) is -0.573. The molecule has 2 heterocycles. The highest BCUT2D eigenvalue weighted by Crippen LogP contribution is 2.31. The van der Waals surface area contributed by atoms with Crippen molar-refractivity contribution in [2.75, 3.05) is 6.54 Å². The largest absolute Gasteiger partial charge is 0.444 e. The zero-order valence-corrected chi connectivity index (χ0v) is 11.7. The highest BCUT2D eigenvalue weighted by Gasteiger charge is 2.37. The quantitative estimate of drug-likeness (QED) is 0.793. The predicted molar refractivity (Wildman–Crippen MR) is 69.5 cm³/mol. The molecule has 0 saturated carbocycles. The molecule has 1 aliphatic rings. The van der Waals surface area contributed by atoms with E-state index >= 15 is 0 Å². The van der Waals surface area contributed by atoms with E-state index in [1.54, 1.807) is 20.8 Å². The topological polar surface area (TPSA) is 59.5 Å². The van der Waals surface area contributed by atoms with Crippen LogP contribution in [-0.2, 0) is 9.53 Å². The number of ether oxygens (including phenoxy) is 1. The van der Waals surface area contributed by atoms with Gasteiger partial charge in [0.05, 0.1) is 18.8 Å². The Morgan fingerprint density at radius 2 is 2.15 bits per heavy atom. The molecule has 1 amide bonds. The van der Waals surface area contributed by atoms with Crippen LogP contribution in [0.3, 0.4) is 0 Å². The molecule has 0 radical (unpaired) electrons. The fraction of sp³-hybridized carbons (Fsp3) is 0.500. The number of nitrogens with zero attached hydrogens (tertiary/aromatic N) is 2. The van der Waals surface area contributed by atoms with Crippen LogP contribution >= 0.6 is 0 Å². The normalized spacial score (nSPS) is 19.3. The molecule has 5 nitrogen and oxygen atoms in total. The molecule has 2 rings (SSSR count). The molecule has 1 fully saturated rings. The van der Waals surface area contributed by atoms with Crippen LogP contribution in [0.15, 0.2) is 18.5 Å². The predicted octanol–water partition coefficient (Wildman–Crippen LogP) is 2.47. The summed E-state index contributed by atoms with van der Waals surface area (Å²) in [5.41, 5.74) is -0.144. The Hall–Kier alpha value is -1.98. The van der Waals surface area contributed by atoms with Crippen LogP contribution in [0, 0.1) is 5.82 Å². The number of likely N-dealkylation sites (tertiary alicyclic amines) is 1. The molecule has 6 heteroatoms. The van der Waals surface area contributed by atoms with Crippen molar-refractivity contribution >= 4 is 11.9 Å². The third-order valence-corrected chi connectivity index (χ3v) is 2.88. The van der Waals surface area contributed by atoms with Crippen molar-refractivity contribution in [3.63, 3.8) is 0 Å². The highest BCUT2D eigenvalue weighted by molar-refractivity contribution is 5.88. The van der Waals surface area contributed by atoms with Gasteiger partial charge in [-0.3, -0.25) is 14.7 Å². The van der Waals surface area contributed by atoms with E-state index in [0.717, 1.165) is 6.20 Å². The molecular formula is C14H17FN2O3. The SMILES string of the molecule is CC(C)(C)OC(=O)N1CC(=O)C[C@@H]1c1cncc(F)c1. The third kappa shape index (κ3) is 3.31. The zero-order chi connectivity index (χ0) is 14.9. The van der Waals surface area contributed by atoms with E-state index in [9.17, 15) is 14.0 Å². The minimum atomic E-state index is -0.645. The Morgan fingerprint density at radius 3 is 2.75 bits per heavy atom. The van der Waals surface area contributed by atoms with E-state index in [0.29, 0.717) is 5.56 Å². The van der Waals surface area contributed by atoms with Gasteiger partial charge < -0.3 is 4.74 Å². The van der Waals surface area contributed by atoms with Crippen molar-refractivity contribution in [1.82, 2.24) is 9.88 Å². The zero-order valence-electron chi connectivity index (χ0n) is 11.7. The summed E-state index contributed by atoms with van der Waals surface area (Å²) < 4.78 is 18.5. The molecule has 1 saturated heterocycles. The summed E-state index contributed by atoms with van der Waals surface area (Å²) in [6, 6.07) is 0.772. The van der Waals surface area contributed by atoms with Crippen molar-refractivity contribution in [2.24, 2.45) is 0 Å². The highest BCUT2D eigenvalue weighted by atomic mass is 19.1. The minimum absolute atomic E-state index is 0.0178. The van der Waals surface area contributed by atoms with Crippen molar-refractivity contribution in [1.29, 1.82) is 0 Å². The van der Waals surface area contributed by atoms with Crippen LogP contribution in [0.25, 0.3) is 0 Å². The standard InChI is InChI=1S/C14H17FN2O3/c1-14(2,3)20-13(19)17-8-11(18)5-12(17)9-4-10(15)7-16-6-9/h4,6-7,12H,5,8H2,1-3H3/t12-/m1/s1. The Balaban J connectivity index is 2.23. The molecule has 1 aromatic rings. The first-order valence-electron chi connectivity index (χ1n) is 6.38. The van der Waals surface area contributed by atoms with E-state index in [-0.39, 0.29) is 18.7 Å². The number of halogens is 1. The van der Waals surface area contributed by atoms with Crippen LogP contribution < -0.4 is 0 Å². The number of ketones is 1. The van der Waals surface area contributed by atoms with Gasteiger partial charge in [0.15, 0.2) is 5.78 Å². The summed E-state index contributed by atoms with van der Waals surface area (Å²) in [7, 11) is 0. The maximum absolute atomic E-state index is 13.2. The summed E-state index contributed by atoms with van der Waals surface area (Å²) >= 11 is 0. The molecule has 0 bridgehead atoms. The van der Waals surface area contributed by atoms with E-state index in [2.05, 4.69) is 4.98 Å². The van der Waals surface area contributed by atoms with Crippen LogP contribution in [0.1, 0.15) is 38.8 Å². The smallest absolute Gasteiger partial charge is 0.411 e. The third-order valence-electron chi connectivity index (χ3n) is 2.88. The van der Waals surface area contributed by atoms with Crippen LogP contribution in [-0.4, -0.2) is 33.9 Å². The summed E-state index contributed by atoms with van der Waals surface area (Å²) in [5, 5.41) is 0. The molecule has 0 aliphatic carbocycles. The minimum Gasteiger partial charge on any atom is -0.444 e. The first-order chi connectivity index (χ1) is 9.26. The molecule has 20 heavy (non-hydrogen) atoms. The van der Waals surface area contributed by atoms with Crippen molar-refractivity contribution in [3.8, 4) is 0 Å². The first kappa shape index (κ1) is 14.4. The van der Waals surface area contributed by atoms with Crippen LogP contribution in [0.4, 0.5) is 9.18 Å². The summed E-state index contributed by atoms with van der Waals surface area (Å²) in [4.78, 5) is 28.8. The average molecular weight is 280 g/mol. The summed E-state index contributed by atoms with van der Waals surface area (Å²) in [6.07, 6.45) is 2.13. The number of carbonyl (C=O) groups excluding carboxylic acids is 2. The molecule has 1 atom stereocenters. The van der Waals surface area contributed by atoms with Gasteiger partial charge in [0, 0.05) is 12.6 Å². The molecule has 0 spiro atoms. The fourth-order valence-electron chi connectivity index (χ4n) is 2.11. The van der Waals surface area contributed by atoms with Gasteiger partial charge in [-0.05, 0) is 32.4 Å². The molecule has 0 aromatic carbocycles. The number of carbonyl (C=O) groups is 2. The van der Waals surface area contributed by atoms with Crippen LogP contribution in [0.2, 0.25) is 0 Å². The molecule has 0 unspecified atom stereocenters. The molecular weight excluding hydrogens is 263 g/mol. The Bertz CT molecular complexity index is 539. The van der Waals surface area contributed by atoms with E-state index in [1.807, 2.05) is 0 Å². The Morgan fingerprint density at radius 1 is 1.45 bits per heavy atom. The Labute approximate surface area is 116 Å². The van der Waals surface area contributed by atoms with Gasteiger partial charge in [0.25, 0.3) is 0 Å². The second-order valence-electron chi connectivity index (χ2n) is 5.80. The lowest BCUT2D eigenvalue weighted by molar-refractivity contribution is -0.117. The van der Waals surface area contributed by atoms with Gasteiger partial charge in [-0.25, -0.2) is 9.18 Å². The van der Waals surface area contributed by atoms with E-state index < -0.39 is 23.6 Å². The monoisotopic (exact) mass is 280 g/mol. The lowest BCUT2D eigenvalue weighted by atomic mass is 10.1. The maximum atomic E-state index is 13.2. The molecule has 1 aromatic heterocycles. The molecule has 0 N–H and O–H groups in total. The van der Waals surface area contributed by atoms with Crippen molar-refractivity contribution in [3.05, 3.63) is 29.8 Å². The number of rotatable bonds is 1. The number of aromatic nitrogens is 1. The second kappa shape index (κ2) is 5.19. The first-order valence-corrected chi connectivity index (χ1v) is 6.38. The van der Waals surface area contributed by atoms with Gasteiger partial charge in [0.1, 0.15) is 11.4 Å². The van der Waals surface area contributed by atoms with Crippen molar-refractivity contribution in [2.45, 2.75) is 38.8 Å². The number of pyridine rings is 1. The number of hydrogen-bond acceptors (Lipinski definition) is 4. The average Bonchev–Trinajstić information content (AvgIpc) is 2.69. The van der Waals surface area contributed by atoms with Gasteiger partial charge in [-0.2, -0.15) is 0 Å². The van der Waals surface area contributed by atoms with E-state index in [4.69, 9.17) is 4.74 Å². The Kier molecular flexibility index (Phi) is 3.74. The van der Waals surface area contributed by atoms with Gasteiger partial charge in [0.2, 0.25) is 0 Å². The number of amides is 1. The van der Waals surface area contributed by atoms with Gasteiger partial charge in [-0.15, -0.1) is 0 Å². The van der Waals surface area contributed by atoms with Crippen molar-refractivity contribution < 1.29 is 18.7 Å². The summed E-state index contributed by atoms with van der Waals surface area (Å²) in [6.45, 7) is 5.24. The lowest BCUT2D eigenvalue weighted by Gasteiger charge is -2.28. The van der Waals surface area contributed by atoms with Gasteiger partial charge >= 0.3 is 6.09 Å².